The summed E-state index contributed by atoms with van der Waals surface area (Å²) in [6.45, 7) is 1.55. The summed E-state index contributed by atoms with van der Waals surface area (Å²) in [6.07, 6.45) is -5.98. The van der Waals surface area contributed by atoms with Crippen LogP contribution >= 0.6 is 11.6 Å². The molecule has 0 bridgehead atoms. The van der Waals surface area contributed by atoms with Crippen molar-refractivity contribution in [2.45, 2.75) is 19.2 Å². The van der Waals surface area contributed by atoms with Crippen LogP contribution in [0, 0.1) is 12.7 Å². The number of aryl methyl sites for hydroxylation is 1. The van der Waals surface area contributed by atoms with Crippen molar-refractivity contribution in [3.05, 3.63) is 63.7 Å². The van der Waals surface area contributed by atoms with Crippen molar-refractivity contribution in [2.24, 2.45) is 0 Å². The maximum absolute atomic E-state index is 13.5. The van der Waals surface area contributed by atoms with Gasteiger partial charge in [0.05, 0.1) is 0 Å². The van der Waals surface area contributed by atoms with Crippen molar-refractivity contribution in [1.82, 2.24) is 4.98 Å². The van der Waals surface area contributed by atoms with E-state index in [0.29, 0.717) is 5.56 Å². The zero-order valence-electron chi connectivity index (χ0n) is 10.7. The number of alkyl halides is 3. The quantitative estimate of drug-likeness (QED) is 0.662. The fourth-order valence-corrected chi connectivity index (χ4v) is 2.02. The number of aliphatic hydroxyl groups excluding tert-OH is 1. The molecule has 1 atom stereocenters. The Morgan fingerprint density at radius 2 is 1.86 bits per heavy atom. The van der Waals surface area contributed by atoms with E-state index in [4.69, 9.17) is 11.6 Å². The molecule has 0 aliphatic rings. The molecule has 0 radical (unpaired) electrons. The van der Waals surface area contributed by atoms with E-state index in [1.54, 1.807) is 6.92 Å². The van der Waals surface area contributed by atoms with Crippen molar-refractivity contribution in [3.63, 3.8) is 0 Å². The Kier molecular flexibility index (Phi) is 4.20. The standard InChI is InChI=1S/C14H10ClF4NO/c1-7-2-3-8(6-10(7)16)12(21)9-4-5-11(14(17,18)19)20-13(9)15/h2-6,12,21H,1H3. The van der Waals surface area contributed by atoms with Crippen molar-refractivity contribution >= 4 is 11.6 Å². The van der Waals surface area contributed by atoms with Crippen LogP contribution < -0.4 is 0 Å². The van der Waals surface area contributed by atoms with Crippen LogP contribution in [0.4, 0.5) is 17.6 Å². The van der Waals surface area contributed by atoms with Crippen molar-refractivity contribution in [2.75, 3.05) is 0 Å². The first-order chi connectivity index (χ1) is 9.70. The summed E-state index contributed by atoms with van der Waals surface area (Å²) in [5.41, 5.74) is -0.601. The van der Waals surface area contributed by atoms with E-state index >= 15 is 0 Å². The molecule has 21 heavy (non-hydrogen) atoms. The third-order valence-electron chi connectivity index (χ3n) is 2.97. The molecule has 0 spiro atoms. The zero-order chi connectivity index (χ0) is 15.8. The fourth-order valence-electron chi connectivity index (χ4n) is 1.77. The summed E-state index contributed by atoms with van der Waals surface area (Å²) < 4.78 is 50.9. The lowest BCUT2D eigenvalue weighted by molar-refractivity contribution is -0.141. The molecule has 0 saturated heterocycles. The molecule has 1 N–H and O–H groups in total. The number of hydrogen-bond donors (Lipinski definition) is 1. The van der Waals surface area contributed by atoms with Gasteiger partial charge in [-0.15, -0.1) is 0 Å². The molecule has 0 saturated carbocycles. The van der Waals surface area contributed by atoms with Gasteiger partial charge in [0, 0.05) is 5.56 Å². The van der Waals surface area contributed by atoms with E-state index in [9.17, 15) is 22.7 Å². The largest absolute Gasteiger partial charge is 0.433 e. The lowest BCUT2D eigenvalue weighted by atomic mass is 10.0. The predicted molar refractivity (Wildman–Crippen MR) is 69.4 cm³/mol. The molecule has 1 heterocycles. The first-order valence-electron chi connectivity index (χ1n) is 5.88. The Balaban J connectivity index is 2.39. The van der Waals surface area contributed by atoms with Crippen LogP contribution in [-0.2, 0) is 6.18 Å². The Morgan fingerprint density at radius 1 is 1.19 bits per heavy atom. The summed E-state index contributed by atoms with van der Waals surface area (Å²) in [4.78, 5) is 3.22. The highest BCUT2D eigenvalue weighted by Crippen LogP contribution is 2.33. The number of aliphatic hydroxyl groups is 1. The smallest absolute Gasteiger partial charge is 0.384 e. The van der Waals surface area contributed by atoms with Gasteiger partial charge in [-0.2, -0.15) is 13.2 Å². The minimum atomic E-state index is -4.62. The second kappa shape index (κ2) is 5.61. The van der Waals surface area contributed by atoms with E-state index in [0.717, 1.165) is 18.2 Å². The Bertz CT molecular complexity index is 673. The SMILES string of the molecule is Cc1ccc(C(O)c2ccc(C(F)(F)F)nc2Cl)cc1F. The topological polar surface area (TPSA) is 33.1 Å². The third kappa shape index (κ3) is 3.33. The van der Waals surface area contributed by atoms with E-state index in [1.807, 2.05) is 0 Å². The van der Waals surface area contributed by atoms with Crippen molar-refractivity contribution in [1.29, 1.82) is 0 Å². The zero-order valence-corrected chi connectivity index (χ0v) is 11.5. The van der Waals surface area contributed by atoms with Gasteiger partial charge in [-0.05, 0) is 30.2 Å². The van der Waals surface area contributed by atoms with Crippen LogP contribution in [0.25, 0.3) is 0 Å². The predicted octanol–water partition coefficient (Wildman–Crippen LogP) is 4.28. The van der Waals surface area contributed by atoms with Gasteiger partial charge in [-0.1, -0.05) is 29.8 Å². The summed E-state index contributed by atoms with van der Waals surface area (Å²) in [5, 5.41) is 9.64. The number of aromatic nitrogens is 1. The molecule has 0 aliphatic heterocycles. The molecule has 1 unspecified atom stereocenters. The monoisotopic (exact) mass is 319 g/mol. The highest BCUT2D eigenvalue weighted by Gasteiger charge is 2.33. The molecular formula is C14H10ClF4NO. The number of halogens is 5. The molecule has 2 nitrogen and oxygen atoms in total. The average molecular weight is 320 g/mol. The second-order valence-electron chi connectivity index (χ2n) is 4.49. The molecular weight excluding hydrogens is 310 g/mol. The van der Waals surface area contributed by atoms with Gasteiger partial charge in [0.15, 0.2) is 0 Å². The highest BCUT2D eigenvalue weighted by atomic mass is 35.5. The molecule has 2 aromatic rings. The first-order valence-corrected chi connectivity index (χ1v) is 6.25. The Labute approximate surface area is 123 Å². The van der Waals surface area contributed by atoms with Crippen LogP contribution in [-0.4, -0.2) is 10.1 Å². The number of hydrogen-bond acceptors (Lipinski definition) is 2. The average Bonchev–Trinajstić information content (AvgIpc) is 2.40. The molecule has 0 aliphatic carbocycles. The Hall–Kier alpha value is -1.66. The minimum Gasteiger partial charge on any atom is -0.384 e. The maximum Gasteiger partial charge on any atom is 0.433 e. The lowest BCUT2D eigenvalue weighted by Gasteiger charge is -2.15. The summed E-state index contributed by atoms with van der Waals surface area (Å²) in [6, 6.07) is 5.78. The van der Waals surface area contributed by atoms with Crippen LogP contribution in [0.2, 0.25) is 5.15 Å². The normalized spacial score (nSPS) is 13.3. The Morgan fingerprint density at radius 3 is 2.38 bits per heavy atom. The third-order valence-corrected chi connectivity index (χ3v) is 3.28. The molecule has 2 rings (SSSR count). The number of nitrogens with zero attached hydrogens (tertiary/aromatic N) is 1. The molecule has 112 valence electrons. The first kappa shape index (κ1) is 15.7. The summed E-state index contributed by atoms with van der Waals surface area (Å²) in [7, 11) is 0. The van der Waals surface area contributed by atoms with Crippen molar-refractivity contribution in [3.8, 4) is 0 Å². The lowest BCUT2D eigenvalue weighted by Crippen LogP contribution is -2.10. The number of pyridine rings is 1. The summed E-state index contributed by atoms with van der Waals surface area (Å²) in [5.74, 6) is -0.525. The minimum absolute atomic E-state index is 0.0204. The molecule has 7 heteroatoms. The number of rotatable bonds is 2. The van der Waals surface area contributed by atoms with E-state index in [2.05, 4.69) is 4.98 Å². The molecule has 1 aromatic heterocycles. The number of benzene rings is 1. The van der Waals surface area contributed by atoms with Crippen LogP contribution in [0.3, 0.4) is 0 Å². The van der Waals surface area contributed by atoms with Gasteiger partial charge in [0.1, 0.15) is 22.8 Å². The molecule has 1 aromatic carbocycles. The van der Waals surface area contributed by atoms with Crippen LogP contribution in [0.15, 0.2) is 30.3 Å². The van der Waals surface area contributed by atoms with Crippen molar-refractivity contribution < 1.29 is 22.7 Å². The van der Waals surface area contributed by atoms with E-state index in [-0.39, 0.29) is 11.1 Å². The maximum atomic E-state index is 13.5. The van der Waals surface area contributed by atoms with Crippen LogP contribution in [0.5, 0.6) is 0 Å². The van der Waals surface area contributed by atoms with Gasteiger partial charge >= 0.3 is 6.18 Å². The fraction of sp³-hybridized carbons (Fsp3) is 0.214. The van der Waals surface area contributed by atoms with Gasteiger partial charge in [-0.25, -0.2) is 9.37 Å². The van der Waals surface area contributed by atoms with E-state index in [1.165, 1.54) is 12.1 Å². The van der Waals surface area contributed by atoms with Gasteiger partial charge in [-0.3, -0.25) is 0 Å². The van der Waals surface area contributed by atoms with Crippen LogP contribution in [0.1, 0.15) is 28.5 Å². The highest BCUT2D eigenvalue weighted by molar-refractivity contribution is 6.30. The molecule has 0 amide bonds. The van der Waals surface area contributed by atoms with Gasteiger partial charge in [0.2, 0.25) is 0 Å². The van der Waals surface area contributed by atoms with E-state index < -0.39 is 28.9 Å². The summed E-state index contributed by atoms with van der Waals surface area (Å²) >= 11 is 5.69. The second-order valence-corrected chi connectivity index (χ2v) is 4.84. The molecule has 0 fully saturated rings. The van der Waals surface area contributed by atoms with Gasteiger partial charge in [0.25, 0.3) is 0 Å². The van der Waals surface area contributed by atoms with Gasteiger partial charge < -0.3 is 5.11 Å².